The van der Waals surface area contributed by atoms with Crippen molar-refractivity contribution in [3.05, 3.63) is 39.4 Å². The minimum atomic E-state index is -1.20. The van der Waals surface area contributed by atoms with Gasteiger partial charge in [-0.25, -0.2) is 4.79 Å². The van der Waals surface area contributed by atoms with Crippen molar-refractivity contribution in [2.75, 3.05) is 6.61 Å². The summed E-state index contributed by atoms with van der Waals surface area (Å²) >= 11 is 0. The summed E-state index contributed by atoms with van der Waals surface area (Å²) in [6.07, 6.45) is 1.04. The predicted octanol–water partition coefficient (Wildman–Crippen LogP) is 0.488. The van der Waals surface area contributed by atoms with Crippen molar-refractivity contribution >= 4 is 29.5 Å². The summed E-state index contributed by atoms with van der Waals surface area (Å²) in [5.41, 5.74) is -0.154. The third-order valence-corrected chi connectivity index (χ3v) is 2.78. The number of aliphatic carboxylic acids is 1. The standard InChI is InChI=1S/C13H10N2O7/c16-11-5-8(13(19)14-11)3-7-4-9(22-6-12(17)18)1-2-10(7)15(20)21/h1-4H,5-6H2,(H,17,18)(H,14,16,19). The fraction of sp³-hybridized carbons (Fsp3) is 0.154. The number of ether oxygens (including phenoxy) is 1. The number of benzene rings is 1. The minimum absolute atomic E-state index is 0.0488. The zero-order valence-corrected chi connectivity index (χ0v) is 11.1. The zero-order chi connectivity index (χ0) is 16.3. The van der Waals surface area contributed by atoms with Gasteiger partial charge >= 0.3 is 5.97 Å². The van der Waals surface area contributed by atoms with Gasteiger partial charge in [-0.2, -0.15) is 0 Å². The first kappa shape index (κ1) is 15.2. The van der Waals surface area contributed by atoms with E-state index < -0.39 is 29.3 Å². The molecule has 0 aromatic heterocycles. The largest absolute Gasteiger partial charge is 0.482 e. The van der Waals surface area contributed by atoms with Crippen LogP contribution in [0.1, 0.15) is 12.0 Å². The van der Waals surface area contributed by atoms with Crippen LogP contribution in [0, 0.1) is 10.1 Å². The monoisotopic (exact) mass is 306 g/mol. The summed E-state index contributed by atoms with van der Waals surface area (Å²) in [5.74, 6) is -2.20. The van der Waals surface area contributed by atoms with E-state index in [0.29, 0.717) is 0 Å². The molecule has 2 N–H and O–H groups in total. The molecule has 1 saturated heterocycles. The van der Waals surface area contributed by atoms with Crippen LogP contribution in [0.25, 0.3) is 6.08 Å². The van der Waals surface area contributed by atoms with Crippen molar-refractivity contribution < 1.29 is 29.2 Å². The molecule has 9 nitrogen and oxygen atoms in total. The number of amides is 2. The number of rotatable bonds is 5. The van der Waals surface area contributed by atoms with Gasteiger partial charge in [-0.15, -0.1) is 0 Å². The molecule has 0 aliphatic carbocycles. The molecular weight excluding hydrogens is 296 g/mol. The van der Waals surface area contributed by atoms with E-state index in [2.05, 4.69) is 5.32 Å². The van der Waals surface area contributed by atoms with Crippen molar-refractivity contribution in [1.29, 1.82) is 0 Å². The topological polar surface area (TPSA) is 136 Å². The van der Waals surface area contributed by atoms with Crippen molar-refractivity contribution in [2.45, 2.75) is 6.42 Å². The molecule has 0 atom stereocenters. The number of carboxylic acid groups (broad SMARTS) is 1. The highest BCUT2D eigenvalue weighted by Gasteiger charge is 2.25. The van der Waals surface area contributed by atoms with Gasteiger partial charge in [-0.1, -0.05) is 0 Å². The average Bonchev–Trinajstić information content (AvgIpc) is 2.74. The molecule has 114 valence electrons. The van der Waals surface area contributed by atoms with Crippen LogP contribution in [-0.4, -0.2) is 34.4 Å². The molecule has 1 aliphatic heterocycles. The van der Waals surface area contributed by atoms with Gasteiger partial charge in [0.2, 0.25) is 5.91 Å². The van der Waals surface area contributed by atoms with Crippen LogP contribution in [0.5, 0.6) is 5.75 Å². The number of carbonyl (C=O) groups excluding carboxylic acids is 2. The van der Waals surface area contributed by atoms with Crippen LogP contribution in [0.15, 0.2) is 23.8 Å². The number of hydrogen-bond acceptors (Lipinski definition) is 6. The number of nitrogens with zero attached hydrogens (tertiary/aromatic N) is 1. The molecule has 0 radical (unpaired) electrons. The average molecular weight is 306 g/mol. The highest BCUT2D eigenvalue weighted by Crippen LogP contribution is 2.27. The quantitative estimate of drug-likeness (QED) is 0.349. The number of nitrogens with one attached hydrogen (secondary N) is 1. The van der Waals surface area contributed by atoms with Crippen LogP contribution in [-0.2, 0) is 14.4 Å². The Morgan fingerprint density at radius 1 is 1.45 bits per heavy atom. The first-order valence-corrected chi connectivity index (χ1v) is 6.04. The summed E-state index contributed by atoms with van der Waals surface area (Å²) in [6, 6.07) is 3.63. The van der Waals surface area contributed by atoms with Gasteiger partial charge in [0.05, 0.1) is 16.9 Å². The van der Waals surface area contributed by atoms with Crippen LogP contribution >= 0.6 is 0 Å². The number of nitro groups is 1. The molecule has 1 aromatic rings. The second kappa shape index (κ2) is 6.04. The zero-order valence-electron chi connectivity index (χ0n) is 11.1. The first-order chi connectivity index (χ1) is 10.4. The number of carboxylic acids is 1. The molecule has 1 aliphatic rings. The lowest BCUT2D eigenvalue weighted by molar-refractivity contribution is -0.385. The Kier molecular flexibility index (Phi) is 4.16. The molecule has 1 fully saturated rings. The van der Waals surface area contributed by atoms with E-state index in [0.717, 1.165) is 6.07 Å². The Morgan fingerprint density at radius 3 is 2.73 bits per heavy atom. The molecule has 1 aromatic carbocycles. The Balaban J connectivity index is 2.38. The van der Waals surface area contributed by atoms with E-state index >= 15 is 0 Å². The van der Waals surface area contributed by atoms with Gasteiger partial charge < -0.3 is 9.84 Å². The maximum absolute atomic E-state index is 11.5. The smallest absolute Gasteiger partial charge is 0.341 e. The van der Waals surface area contributed by atoms with Crippen molar-refractivity contribution in [3.63, 3.8) is 0 Å². The fourth-order valence-electron chi connectivity index (χ4n) is 1.86. The molecule has 0 bridgehead atoms. The molecule has 2 amide bonds. The third-order valence-electron chi connectivity index (χ3n) is 2.78. The van der Waals surface area contributed by atoms with Crippen LogP contribution in [0.2, 0.25) is 0 Å². The maximum Gasteiger partial charge on any atom is 0.341 e. The van der Waals surface area contributed by atoms with Gasteiger partial charge in [0.25, 0.3) is 11.6 Å². The highest BCUT2D eigenvalue weighted by molar-refractivity contribution is 6.15. The summed E-state index contributed by atoms with van der Waals surface area (Å²) in [4.78, 5) is 43.4. The molecule has 2 rings (SSSR count). The summed E-state index contributed by atoms with van der Waals surface area (Å²) in [7, 11) is 0. The summed E-state index contributed by atoms with van der Waals surface area (Å²) in [6.45, 7) is -0.604. The van der Waals surface area contributed by atoms with Gasteiger partial charge in [-0.05, 0) is 18.2 Å². The van der Waals surface area contributed by atoms with Crippen molar-refractivity contribution in [1.82, 2.24) is 5.32 Å². The second-order valence-electron chi connectivity index (χ2n) is 4.38. The molecule has 9 heteroatoms. The van der Waals surface area contributed by atoms with E-state index in [4.69, 9.17) is 9.84 Å². The van der Waals surface area contributed by atoms with Gasteiger partial charge in [0, 0.05) is 11.6 Å². The maximum atomic E-state index is 11.5. The molecule has 1 heterocycles. The predicted molar refractivity (Wildman–Crippen MR) is 72.0 cm³/mol. The lowest BCUT2D eigenvalue weighted by Crippen LogP contribution is -2.19. The summed E-state index contributed by atoms with van der Waals surface area (Å²) in [5, 5.41) is 21.6. The number of imide groups is 1. The van der Waals surface area contributed by atoms with E-state index in [1.54, 1.807) is 0 Å². The Bertz CT molecular complexity index is 708. The molecule has 0 unspecified atom stereocenters. The third kappa shape index (κ3) is 3.45. The van der Waals surface area contributed by atoms with Gasteiger partial charge in [-0.3, -0.25) is 25.0 Å². The lowest BCUT2D eigenvalue weighted by atomic mass is 10.1. The molecule has 0 saturated carbocycles. The van der Waals surface area contributed by atoms with E-state index in [-0.39, 0.29) is 29.0 Å². The fourth-order valence-corrected chi connectivity index (χ4v) is 1.86. The van der Waals surface area contributed by atoms with Gasteiger partial charge in [0.15, 0.2) is 6.61 Å². The molecular formula is C13H10N2O7. The SMILES string of the molecule is O=C(O)COc1ccc([N+](=O)[O-])c(C=C2CC(=O)NC2=O)c1. The normalized spacial score (nSPS) is 15.7. The van der Waals surface area contributed by atoms with Crippen LogP contribution in [0.4, 0.5) is 5.69 Å². The van der Waals surface area contributed by atoms with E-state index in [9.17, 15) is 24.5 Å². The summed E-state index contributed by atoms with van der Waals surface area (Å²) < 4.78 is 4.94. The second-order valence-corrected chi connectivity index (χ2v) is 4.38. The van der Waals surface area contributed by atoms with Crippen LogP contribution in [0.3, 0.4) is 0 Å². The lowest BCUT2D eigenvalue weighted by Gasteiger charge is -2.05. The molecule has 22 heavy (non-hydrogen) atoms. The first-order valence-electron chi connectivity index (χ1n) is 6.04. The van der Waals surface area contributed by atoms with Crippen molar-refractivity contribution in [3.8, 4) is 5.75 Å². The Labute approximate surface area is 123 Å². The van der Waals surface area contributed by atoms with Gasteiger partial charge in [0.1, 0.15) is 5.75 Å². The number of hydrogen-bond donors (Lipinski definition) is 2. The Hall–Kier alpha value is -3.23. The van der Waals surface area contributed by atoms with E-state index in [1.807, 2.05) is 0 Å². The highest BCUT2D eigenvalue weighted by atomic mass is 16.6. The van der Waals surface area contributed by atoms with E-state index in [1.165, 1.54) is 18.2 Å². The Morgan fingerprint density at radius 2 is 2.18 bits per heavy atom. The van der Waals surface area contributed by atoms with Crippen molar-refractivity contribution in [2.24, 2.45) is 0 Å². The molecule has 0 spiro atoms. The van der Waals surface area contributed by atoms with Crippen LogP contribution < -0.4 is 10.1 Å². The number of nitro benzene ring substituents is 1. The number of carbonyl (C=O) groups is 3. The minimum Gasteiger partial charge on any atom is -0.482 e.